The smallest absolute Gasteiger partial charge is 0.314 e. The highest BCUT2D eigenvalue weighted by Crippen LogP contribution is 2.35. The molecule has 5 nitrogen and oxygen atoms in total. The first-order chi connectivity index (χ1) is 9.90. The standard InChI is InChI=1S/C14H12F2N2O3/c1-8(17)14-10(16)3-2-4-13(14)21-12-6-5-9(15)7-11(12)18(19)20/h2-8H,17H2,1H3/t8-/m0/s1. The minimum atomic E-state index is -0.775. The molecule has 0 spiro atoms. The summed E-state index contributed by atoms with van der Waals surface area (Å²) in [6.45, 7) is 1.56. The van der Waals surface area contributed by atoms with E-state index in [1.807, 2.05) is 0 Å². The Bertz CT molecular complexity index is 690. The Morgan fingerprint density at radius 2 is 1.95 bits per heavy atom. The first kappa shape index (κ1) is 14.9. The average molecular weight is 294 g/mol. The Balaban J connectivity index is 2.49. The predicted molar refractivity (Wildman–Crippen MR) is 72.1 cm³/mol. The molecule has 0 fully saturated rings. The maximum absolute atomic E-state index is 13.8. The van der Waals surface area contributed by atoms with E-state index < -0.39 is 28.3 Å². The molecule has 0 aliphatic rings. The predicted octanol–water partition coefficient (Wildman–Crippen LogP) is 3.69. The fourth-order valence-electron chi connectivity index (χ4n) is 1.89. The van der Waals surface area contributed by atoms with Gasteiger partial charge in [-0.1, -0.05) is 6.07 Å². The van der Waals surface area contributed by atoms with E-state index in [-0.39, 0.29) is 17.1 Å². The lowest BCUT2D eigenvalue weighted by Crippen LogP contribution is -2.09. The lowest BCUT2D eigenvalue weighted by atomic mass is 10.1. The number of halogens is 2. The summed E-state index contributed by atoms with van der Waals surface area (Å²) >= 11 is 0. The molecular formula is C14H12F2N2O3. The molecule has 0 saturated carbocycles. The maximum atomic E-state index is 13.8. The van der Waals surface area contributed by atoms with Crippen LogP contribution in [0.1, 0.15) is 18.5 Å². The van der Waals surface area contributed by atoms with Gasteiger partial charge in [-0.3, -0.25) is 10.1 Å². The number of nitrogens with two attached hydrogens (primary N) is 1. The summed E-state index contributed by atoms with van der Waals surface area (Å²) in [5.74, 6) is -1.47. The van der Waals surface area contributed by atoms with Gasteiger partial charge in [0.05, 0.1) is 11.0 Å². The summed E-state index contributed by atoms with van der Waals surface area (Å²) in [5.41, 5.74) is 5.22. The summed E-state index contributed by atoms with van der Waals surface area (Å²) in [6, 6.07) is 6.25. The van der Waals surface area contributed by atoms with Crippen LogP contribution in [0.15, 0.2) is 36.4 Å². The minimum absolute atomic E-state index is 0.0553. The van der Waals surface area contributed by atoms with Gasteiger partial charge in [0.25, 0.3) is 0 Å². The fourth-order valence-corrected chi connectivity index (χ4v) is 1.89. The molecule has 2 aromatic carbocycles. The van der Waals surface area contributed by atoms with Crippen LogP contribution in [-0.4, -0.2) is 4.92 Å². The molecule has 2 aromatic rings. The molecular weight excluding hydrogens is 282 g/mol. The van der Waals surface area contributed by atoms with Crippen LogP contribution in [0, 0.1) is 21.7 Å². The van der Waals surface area contributed by atoms with Crippen molar-refractivity contribution in [2.75, 3.05) is 0 Å². The van der Waals surface area contributed by atoms with Gasteiger partial charge in [-0.05, 0) is 31.2 Å². The van der Waals surface area contributed by atoms with Gasteiger partial charge in [-0.25, -0.2) is 8.78 Å². The second kappa shape index (κ2) is 5.84. The summed E-state index contributed by atoms with van der Waals surface area (Å²) in [4.78, 5) is 10.1. The van der Waals surface area contributed by atoms with Crippen molar-refractivity contribution in [1.82, 2.24) is 0 Å². The zero-order valence-corrected chi connectivity index (χ0v) is 11.0. The van der Waals surface area contributed by atoms with Crippen molar-refractivity contribution >= 4 is 5.69 Å². The Kier molecular flexibility index (Phi) is 4.13. The molecule has 1 atom stereocenters. The molecule has 0 unspecified atom stereocenters. The average Bonchev–Trinajstić information content (AvgIpc) is 2.40. The first-order valence-corrected chi connectivity index (χ1v) is 6.06. The molecule has 0 aromatic heterocycles. The topological polar surface area (TPSA) is 78.4 Å². The van der Waals surface area contributed by atoms with E-state index in [1.165, 1.54) is 18.2 Å². The van der Waals surface area contributed by atoms with Crippen molar-refractivity contribution in [3.05, 3.63) is 63.7 Å². The highest BCUT2D eigenvalue weighted by molar-refractivity contribution is 5.50. The number of hydrogen-bond acceptors (Lipinski definition) is 4. The fraction of sp³-hybridized carbons (Fsp3) is 0.143. The monoisotopic (exact) mass is 294 g/mol. The molecule has 0 aliphatic heterocycles. The Hall–Kier alpha value is -2.54. The van der Waals surface area contributed by atoms with Crippen molar-refractivity contribution in [3.63, 3.8) is 0 Å². The van der Waals surface area contributed by atoms with Gasteiger partial charge in [0.2, 0.25) is 5.75 Å². The van der Waals surface area contributed by atoms with Crippen LogP contribution in [0.2, 0.25) is 0 Å². The minimum Gasteiger partial charge on any atom is -0.450 e. The second-order valence-electron chi connectivity index (χ2n) is 4.41. The van der Waals surface area contributed by atoms with Gasteiger partial charge in [-0.2, -0.15) is 0 Å². The number of rotatable bonds is 4. The third-order valence-electron chi connectivity index (χ3n) is 2.81. The summed E-state index contributed by atoms with van der Waals surface area (Å²) in [6.07, 6.45) is 0. The van der Waals surface area contributed by atoms with Crippen LogP contribution in [0.5, 0.6) is 11.5 Å². The van der Waals surface area contributed by atoms with Crippen LogP contribution < -0.4 is 10.5 Å². The summed E-state index contributed by atoms with van der Waals surface area (Å²) in [5, 5.41) is 10.9. The van der Waals surface area contributed by atoms with Crippen LogP contribution in [0.4, 0.5) is 14.5 Å². The van der Waals surface area contributed by atoms with Crippen molar-refractivity contribution in [2.45, 2.75) is 13.0 Å². The SMILES string of the molecule is C[C@H](N)c1c(F)cccc1Oc1ccc(F)cc1[N+](=O)[O-]. The molecule has 0 amide bonds. The number of benzene rings is 2. The molecule has 2 N–H and O–H groups in total. The van der Waals surface area contributed by atoms with E-state index in [1.54, 1.807) is 6.92 Å². The molecule has 0 bridgehead atoms. The number of nitrogens with zero attached hydrogens (tertiary/aromatic N) is 1. The van der Waals surface area contributed by atoms with Crippen molar-refractivity contribution in [1.29, 1.82) is 0 Å². The molecule has 0 radical (unpaired) electrons. The molecule has 0 aliphatic carbocycles. The van der Waals surface area contributed by atoms with E-state index in [0.29, 0.717) is 0 Å². The van der Waals surface area contributed by atoms with Crippen LogP contribution in [-0.2, 0) is 0 Å². The quantitative estimate of drug-likeness (QED) is 0.689. The third-order valence-corrected chi connectivity index (χ3v) is 2.81. The highest BCUT2D eigenvalue weighted by atomic mass is 19.1. The van der Waals surface area contributed by atoms with E-state index in [2.05, 4.69) is 0 Å². The van der Waals surface area contributed by atoms with Crippen molar-refractivity contribution in [2.24, 2.45) is 5.73 Å². The van der Waals surface area contributed by atoms with Gasteiger partial charge in [-0.15, -0.1) is 0 Å². The number of nitro benzene ring substituents is 1. The molecule has 0 saturated heterocycles. The number of hydrogen-bond donors (Lipinski definition) is 1. The Morgan fingerprint density at radius 1 is 1.24 bits per heavy atom. The normalized spacial score (nSPS) is 12.0. The summed E-state index contributed by atoms with van der Waals surface area (Å²) < 4.78 is 32.2. The van der Waals surface area contributed by atoms with Crippen LogP contribution in [0.3, 0.4) is 0 Å². The summed E-state index contributed by atoms with van der Waals surface area (Å²) in [7, 11) is 0. The van der Waals surface area contributed by atoms with E-state index >= 15 is 0 Å². The Morgan fingerprint density at radius 3 is 2.57 bits per heavy atom. The van der Waals surface area contributed by atoms with Crippen LogP contribution >= 0.6 is 0 Å². The first-order valence-electron chi connectivity index (χ1n) is 6.06. The van der Waals surface area contributed by atoms with Crippen molar-refractivity contribution in [3.8, 4) is 11.5 Å². The van der Waals surface area contributed by atoms with Gasteiger partial charge in [0.1, 0.15) is 17.4 Å². The lowest BCUT2D eigenvalue weighted by Gasteiger charge is -2.14. The number of nitro groups is 1. The molecule has 2 rings (SSSR count). The van der Waals surface area contributed by atoms with Crippen LogP contribution in [0.25, 0.3) is 0 Å². The zero-order valence-electron chi connectivity index (χ0n) is 11.0. The van der Waals surface area contributed by atoms with E-state index in [0.717, 1.165) is 18.2 Å². The maximum Gasteiger partial charge on any atom is 0.314 e. The highest BCUT2D eigenvalue weighted by Gasteiger charge is 2.20. The van der Waals surface area contributed by atoms with Crippen molar-refractivity contribution < 1.29 is 18.4 Å². The molecule has 7 heteroatoms. The van der Waals surface area contributed by atoms with Gasteiger partial charge in [0, 0.05) is 11.6 Å². The van der Waals surface area contributed by atoms with Gasteiger partial charge in [0.15, 0.2) is 0 Å². The largest absolute Gasteiger partial charge is 0.450 e. The zero-order chi connectivity index (χ0) is 15.6. The molecule has 110 valence electrons. The van der Waals surface area contributed by atoms with Gasteiger partial charge < -0.3 is 10.5 Å². The lowest BCUT2D eigenvalue weighted by molar-refractivity contribution is -0.385. The van der Waals surface area contributed by atoms with Gasteiger partial charge >= 0.3 is 5.69 Å². The second-order valence-corrected chi connectivity index (χ2v) is 4.41. The molecule has 21 heavy (non-hydrogen) atoms. The Labute approximate surface area is 119 Å². The van der Waals surface area contributed by atoms with E-state index in [9.17, 15) is 18.9 Å². The number of ether oxygens (including phenoxy) is 1. The molecule has 0 heterocycles. The third kappa shape index (κ3) is 3.14. The van der Waals surface area contributed by atoms with E-state index in [4.69, 9.17) is 10.5 Å².